The van der Waals surface area contributed by atoms with Crippen LogP contribution < -0.4 is 5.32 Å². The number of carbonyl (C=O) groups is 2. The molecule has 0 spiro atoms. The molecule has 0 radical (unpaired) electrons. The Morgan fingerprint density at radius 1 is 1.50 bits per heavy atom. The average Bonchev–Trinajstić information content (AvgIpc) is 2.10. The van der Waals surface area contributed by atoms with E-state index in [4.69, 9.17) is 0 Å². The minimum Gasteiger partial charge on any atom is -0.306 e. The molecule has 4 amide bonds. The zero-order valence-corrected chi connectivity index (χ0v) is 9.04. The number of amides is 4. The van der Waals surface area contributed by atoms with Gasteiger partial charge >= 0.3 is 12.1 Å². The molecule has 0 aromatic rings. The Labute approximate surface area is 86.2 Å². The first-order chi connectivity index (χ1) is 6.49. The highest BCUT2D eigenvalue weighted by molar-refractivity contribution is 7.99. The predicted octanol–water partition coefficient (Wildman–Crippen LogP) is 0.878. The maximum Gasteiger partial charge on any atom is 0.354 e. The molecular formula is C7H13N3O3S. The molecule has 2 N–H and O–H groups in total. The number of hydrogen-bond donors (Lipinski definition) is 2. The fourth-order valence-corrected chi connectivity index (χ4v) is 1.66. The minimum atomic E-state index is -0.704. The van der Waals surface area contributed by atoms with E-state index in [1.807, 2.05) is 0 Å². The van der Waals surface area contributed by atoms with Gasteiger partial charge in [-0.25, -0.2) is 14.5 Å². The van der Waals surface area contributed by atoms with Crippen LogP contribution in [0.3, 0.4) is 0 Å². The van der Waals surface area contributed by atoms with E-state index in [-0.39, 0.29) is 6.04 Å². The first kappa shape index (κ1) is 11.1. The van der Waals surface area contributed by atoms with Gasteiger partial charge in [-0.1, -0.05) is 0 Å². The van der Waals surface area contributed by atoms with Crippen LogP contribution >= 0.6 is 11.8 Å². The fourth-order valence-electron chi connectivity index (χ4n) is 1.15. The van der Waals surface area contributed by atoms with Crippen LogP contribution in [0.2, 0.25) is 0 Å². The van der Waals surface area contributed by atoms with Crippen molar-refractivity contribution in [3.05, 3.63) is 0 Å². The smallest absolute Gasteiger partial charge is 0.306 e. The van der Waals surface area contributed by atoms with Crippen LogP contribution in [0.25, 0.3) is 0 Å². The van der Waals surface area contributed by atoms with Gasteiger partial charge in [0.25, 0.3) is 0 Å². The number of nitrogens with zero attached hydrogens (tertiary/aromatic N) is 2. The number of hydrogen-bond acceptors (Lipinski definition) is 4. The second kappa shape index (κ2) is 4.05. The molecule has 0 saturated carbocycles. The van der Waals surface area contributed by atoms with Crippen LogP contribution in [0.4, 0.5) is 9.59 Å². The monoisotopic (exact) mass is 219 g/mol. The van der Waals surface area contributed by atoms with Gasteiger partial charge in [-0.15, -0.1) is 11.8 Å². The van der Waals surface area contributed by atoms with Gasteiger partial charge in [-0.3, -0.25) is 5.21 Å². The number of hydroxylamine groups is 2. The number of urea groups is 2. The van der Waals surface area contributed by atoms with Crippen LogP contribution in [0.15, 0.2) is 0 Å². The third kappa shape index (κ3) is 1.78. The standard InChI is InChI=1S/C7H13N3O3S/c1-4(2)9-5(11)8-6(14-3)10(13)7(9)12/h4,6,13H,1-3H3,(H,8,11). The van der Waals surface area contributed by atoms with E-state index >= 15 is 0 Å². The summed E-state index contributed by atoms with van der Waals surface area (Å²) in [6.45, 7) is 3.40. The molecule has 1 unspecified atom stereocenters. The molecule has 0 aromatic heterocycles. The summed E-state index contributed by atoms with van der Waals surface area (Å²) in [7, 11) is 0. The van der Waals surface area contributed by atoms with Gasteiger partial charge in [-0.05, 0) is 20.1 Å². The largest absolute Gasteiger partial charge is 0.354 e. The molecule has 7 heteroatoms. The highest BCUT2D eigenvalue weighted by Crippen LogP contribution is 2.17. The van der Waals surface area contributed by atoms with Crippen molar-refractivity contribution >= 4 is 23.8 Å². The zero-order valence-electron chi connectivity index (χ0n) is 8.22. The molecule has 1 fully saturated rings. The molecule has 1 rings (SSSR count). The summed E-state index contributed by atoms with van der Waals surface area (Å²) in [6.07, 6.45) is 1.69. The quantitative estimate of drug-likeness (QED) is 0.676. The summed E-state index contributed by atoms with van der Waals surface area (Å²) in [6, 6.07) is -1.45. The molecule has 1 aliphatic rings. The van der Waals surface area contributed by atoms with Crippen molar-refractivity contribution in [3.63, 3.8) is 0 Å². The maximum atomic E-state index is 11.5. The van der Waals surface area contributed by atoms with Crippen molar-refractivity contribution in [2.24, 2.45) is 0 Å². The molecule has 1 saturated heterocycles. The average molecular weight is 219 g/mol. The number of carbonyl (C=O) groups excluding carboxylic acids is 2. The van der Waals surface area contributed by atoms with Crippen molar-refractivity contribution in [3.8, 4) is 0 Å². The van der Waals surface area contributed by atoms with E-state index in [9.17, 15) is 14.8 Å². The van der Waals surface area contributed by atoms with Crippen LogP contribution in [0, 0.1) is 0 Å². The SMILES string of the molecule is CSC1NC(=O)N(C(C)C)C(=O)N1O. The van der Waals surface area contributed by atoms with Crippen LogP contribution in [0.1, 0.15) is 13.8 Å². The molecular weight excluding hydrogens is 206 g/mol. The van der Waals surface area contributed by atoms with Gasteiger partial charge in [0.2, 0.25) is 0 Å². The highest BCUT2D eigenvalue weighted by atomic mass is 32.2. The minimum absolute atomic E-state index is 0.278. The molecule has 1 heterocycles. The molecule has 0 bridgehead atoms. The third-order valence-electron chi connectivity index (χ3n) is 1.83. The van der Waals surface area contributed by atoms with E-state index in [0.29, 0.717) is 5.06 Å². The third-order valence-corrected chi connectivity index (χ3v) is 2.59. The summed E-state index contributed by atoms with van der Waals surface area (Å²) >= 11 is 1.17. The Hall–Kier alpha value is -0.950. The molecule has 1 atom stereocenters. The van der Waals surface area contributed by atoms with Gasteiger partial charge in [0, 0.05) is 6.04 Å². The fraction of sp³-hybridized carbons (Fsp3) is 0.714. The molecule has 6 nitrogen and oxygen atoms in total. The van der Waals surface area contributed by atoms with Gasteiger partial charge < -0.3 is 5.32 Å². The Morgan fingerprint density at radius 3 is 2.50 bits per heavy atom. The summed E-state index contributed by atoms with van der Waals surface area (Å²) in [5, 5.41) is 12.4. The first-order valence-corrected chi connectivity index (χ1v) is 5.42. The topological polar surface area (TPSA) is 72.9 Å². The van der Waals surface area contributed by atoms with Gasteiger partial charge in [0.05, 0.1) is 0 Å². The van der Waals surface area contributed by atoms with Crippen LogP contribution in [-0.2, 0) is 0 Å². The van der Waals surface area contributed by atoms with E-state index in [1.165, 1.54) is 11.8 Å². The van der Waals surface area contributed by atoms with Gasteiger partial charge in [0.1, 0.15) is 0 Å². The van der Waals surface area contributed by atoms with Gasteiger partial charge in [0.15, 0.2) is 5.50 Å². The number of rotatable bonds is 2. The van der Waals surface area contributed by atoms with E-state index in [2.05, 4.69) is 5.32 Å². The van der Waals surface area contributed by atoms with E-state index in [0.717, 1.165) is 4.90 Å². The number of thioether (sulfide) groups is 1. The van der Waals surface area contributed by atoms with E-state index < -0.39 is 17.6 Å². The number of nitrogens with one attached hydrogen (secondary N) is 1. The summed E-state index contributed by atoms with van der Waals surface area (Å²) in [5.74, 6) is 0. The lowest BCUT2D eigenvalue weighted by molar-refractivity contribution is -0.0795. The lowest BCUT2D eigenvalue weighted by atomic mass is 10.3. The molecule has 80 valence electrons. The molecule has 1 aliphatic heterocycles. The van der Waals surface area contributed by atoms with Crippen molar-refractivity contribution in [1.82, 2.24) is 15.3 Å². The highest BCUT2D eigenvalue weighted by Gasteiger charge is 2.38. The second-order valence-corrected chi connectivity index (χ2v) is 4.05. The summed E-state index contributed by atoms with van der Waals surface area (Å²) < 4.78 is 0. The van der Waals surface area contributed by atoms with Gasteiger partial charge in [-0.2, -0.15) is 5.06 Å². The summed E-state index contributed by atoms with van der Waals surface area (Å²) in [4.78, 5) is 23.8. The van der Waals surface area contributed by atoms with Crippen molar-refractivity contribution in [2.45, 2.75) is 25.4 Å². The van der Waals surface area contributed by atoms with Crippen LogP contribution in [-0.4, -0.2) is 45.0 Å². The Balaban J connectivity index is 2.85. The summed E-state index contributed by atoms with van der Waals surface area (Å²) in [5.41, 5.74) is -0.704. The Morgan fingerprint density at radius 2 is 2.07 bits per heavy atom. The number of imide groups is 1. The lowest BCUT2D eigenvalue weighted by Crippen LogP contribution is -2.64. The second-order valence-electron chi connectivity index (χ2n) is 3.13. The van der Waals surface area contributed by atoms with Crippen LogP contribution in [0.5, 0.6) is 0 Å². The first-order valence-electron chi connectivity index (χ1n) is 4.13. The van der Waals surface area contributed by atoms with Crippen molar-refractivity contribution < 1.29 is 14.8 Å². The normalized spacial score (nSPS) is 23.1. The lowest BCUT2D eigenvalue weighted by Gasteiger charge is -2.37. The molecule has 0 aromatic carbocycles. The maximum absolute atomic E-state index is 11.5. The molecule has 0 aliphatic carbocycles. The predicted molar refractivity (Wildman–Crippen MR) is 51.8 cm³/mol. The van der Waals surface area contributed by atoms with Crippen molar-refractivity contribution in [1.29, 1.82) is 0 Å². The molecule has 14 heavy (non-hydrogen) atoms. The van der Waals surface area contributed by atoms with E-state index in [1.54, 1.807) is 20.1 Å². The zero-order chi connectivity index (χ0) is 10.9. The Bertz CT molecular complexity index is 259. The Kier molecular flexibility index (Phi) is 3.22. The van der Waals surface area contributed by atoms with Crippen molar-refractivity contribution in [2.75, 3.05) is 6.26 Å².